The quantitative estimate of drug-likeness (QED) is 0.112. The fourth-order valence-corrected chi connectivity index (χ4v) is 4.77. The molecule has 226 valence electrons. The number of fused-ring (bicyclic) bond motifs is 1. The van der Waals surface area contributed by atoms with Crippen molar-refractivity contribution in [2.75, 3.05) is 6.61 Å². The van der Waals surface area contributed by atoms with Gasteiger partial charge in [0.2, 0.25) is 0 Å². The Bertz CT molecular complexity index is 1770. The van der Waals surface area contributed by atoms with Gasteiger partial charge in [-0.3, -0.25) is 4.79 Å². The van der Waals surface area contributed by atoms with Gasteiger partial charge in [-0.25, -0.2) is 4.79 Å². The zero-order chi connectivity index (χ0) is 31.3. The van der Waals surface area contributed by atoms with Crippen molar-refractivity contribution in [1.82, 2.24) is 0 Å². The van der Waals surface area contributed by atoms with E-state index in [4.69, 9.17) is 13.9 Å². The van der Waals surface area contributed by atoms with Crippen LogP contribution in [0.1, 0.15) is 22.0 Å². The highest BCUT2D eigenvalue weighted by molar-refractivity contribution is 5.91. The van der Waals surface area contributed by atoms with Gasteiger partial charge >= 0.3 is 5.97 Å². The maximum absolute atomic E-state index is 13.1. The van der Waals surface area contributed by atoms with E-state index < -0.39 is 105 Å². The van der Waals surface area contributed by atoms with Crippen molar-refractivity contribution in [2.24, 2.45) is 0 Å². The average Bonchev–Trinajstić information content (AvgIpc) is 2.95. The molecule has 0 radical (unpaired) electrons. The molecule has 4 aromatic rings. The van der Waals surface area contributed by atoms with Crippen LogP contribution in [0.5, 0.6) is 40.2 Å². The minimum Gasteiger partial charge on any atom is -0.507 e. The Morgan fingerprint density at radius 2 is 1.47 bits per heavy atom. The third-order valence-electron chi connectivity index (χ3n) is 6.97. The van der Waals surface area contributed by atoms with Crippen LogP contribution in [0.2, 0.25) is 0 Å². The third-order valence-corrected chi connectivity index (χ3v) is 6.97. The van der Waals surface area contributed by atoms with E-state index in [2.05, 4.69) is 0 Å². The first-order valence-corrected chi connectivity index (χ1v) is 12.5. The number of esters is 1. The molecule has 1 aliphatic heterocycles. The second-order valence-corrected chi connectivity index (χ2v) is 9.70. The van der Waals surface area contributed by atoms with Crippen molar-refractivity contribution in [3.8, 4) is 51.6 Å². The largest absolute Gasteiger partial charge is 0.507 e. The Hall–Kier alpha value is -5.22. The Morgan fingerprint density at radius 1 is 0.791 bits per heavy atom. The molecule has 0 aliphatic carbocycles. The molecular formula is C28H24O15. The zero-order valence-electron chi connectivity index (χ0n) is 21.6. The molecule has 5 unspecified atom stereocenters. The number of rotatable bonds is 5. The van der Waals surface area contributed by atoms with Crippen LogP contribution in [-0.2, 0) is 9.47 Å². The van der Waals surface area contributed by atoms with E-state index >= 15 is 0 Å². The second kappa shape index (κ2) is 10.9. The predicted octanol–water partition coefficient (Wildman–Crippen LogP) is 0.779. The molecule has 5 atom stereocenters. The van der Waals surface area contributed by atoms with Gasteiger partial charge in [0.15, 0.2) is 40.3 Å². The van der Waals surface area contributed by atoms with Crippen molar-refractivity contribution in [2.45, 2.75) is 30.5 Å². The standard InChI is InChI=1S/C28H24O15/c29-8-19-23(37)25(39)27(43-28(40)10-4-15(34)22(36)16(35)5-10)26(42-19)21-14(33)7-18-20(24(21)38)13(32)6-17(41-18)9-1-2-11(30)12(31)3-9/h1-7,19,23,25-27,29-31,33-39H,8H2. The summed E-state index contributed by atoms with van der Waals surface area (Å²) in [6.45, 7) is -0.866. The Balaban J connectivity index is 1.61. The van der Waals surface area contributed by atoms with E-state index in [1.807, 2.05) is 0 Å². The van der Waals surface area contributed by atoms with Gasteiger partial charge in [0.05, 0.1) is 17.7 Å². The summed E-state index contributed by atoms with van der Waals surface area (Å²) in [5, 5.41) is 101. The van der Waals surface area contributed by atoms with Crippen molar-refractivity contribution in [3.05, 3.63) is 63.8 Å². The second-order valence-electron chi connectivity index (χ2n) is 9.70. The number of carbonyl (C=O) groups is 1. The molecule has 1 fully saturated rings. The number of ether oxygens (including phenoxy) is 2. The van der Waals surface area contributed by atoms with Gasteiger partial charge in [0.25, 0.3) is 0 Å². The molecule has 15 nitrogen and oxygen atoms in total. The molecule has 0 spiro atoms. The van der Waals surface area contributed by atoms with Gasteiger partial charge in [0.1, 0.15) is 52.6 Å². The lowest BCUT2D eigenvalue weighted by molar-refractivity contribution is -0.232. The van der Waals surface area contributed by atoms with Gasteiger partial charge in [0, 0.05) is 17.7 Å². The fourth-order valence-electron chi connectivity index (χ4n) is 4.77. The SMILES string of the molecule is O=C(OC1C(c2c(O)cc3oc(-c4ccc(O)c(O)c4)cc(=O)c3c2O)OC(CO)C(O)C1O)c1cc(O)c(O)c(O)c1. The monoisotopic (exact) mass is 600 g/mol. The lowest BCUT2D eigenvalue weighted by atomic mass is 9.89. The summed E-state index contributed by atoms with van der Waals surface area (Å²) < 4.78 is 16.6. The smallest absolute Gasteiger partial charge is 0.338 e. The number of phenolic OH excluding ortho intramolecular Hbond substituents is 7. The van der Waals surface area contributed by atoms with Crippen LogP contribution in [0.4, 0.5) is 0 Å². The fraction of sp³-hybridized carbons (Fsp3) is 0.214. The van der Waals surface area contributed by atoms with E-state index in [0.29, 0.717) is 0 Å². The van der Waals surface area contributed by atoms with E-state index in [1.54, 1.807) is 0 Å². The highest BCUT2D eigenvalue weighted by Gasteiger charge is 2.49. The molecule has 0 saturated carbocycles. The number of aliphatic hydroxyl groups is 3. The third kappa shape index (κ3) is 5.06. The Labute approximate surface area is 239 Å². The van der Waals surface area contributed by atoms with Crippen molar-refractivity contribution in [3.63, 3.8) is 0 Å². The normalized spacial score (nSPS) is 22.0. The first-order valence-electron chi connectivity index (χ1n) is 12.5. The van der Waals surface area contributed by atoms with Crippen molar-refractivity contribution >= 4 is 16.9 Å². The summed E-state index contributed by atoms with van der Waals surface area (Å²) in [4.78, 5) is 26.0. The van der Waals surface area contributed by atoms with Crippen LogP contribution in [0, 0.1) is 0 Å². The minimum atomic E-state index is -2.00. The molecule has 43 heavy (non-hydrogen) atoms. The molecule has 2 heterocycles. The lowest BCUT2D eigenvalue weighted by Gasteiger charge is -2.42. The van der Waals surface area contributed by atoms with Crippen LogP contribution in [0.3, 0.4) is 0 Å². The lowest BCUT2D eigenvalue weighted by Crippen LogP contribution is -2.56. The summed E-state index contributed by atoms with van der Waals surface area (Å²) in [6, 6.07) is 6.92. The van der Waals surface area contributed by atoms with Gasteiger partial charge in [-0.2, -0.15) is 0 Å². The maximum atomic E-state index is 13.1. The molecule has 15 heteroatoms. The predicted molar refractivity (Wildman–Crippen MR) is 142 cm³/mol. The number of hydrogen-bond donors (Lipinski definition) is 10. The highest BCUT2D eigenvalue weighted by Crippen LogP contribution is 2.46. The molecule has 10 N–H and O–H groups in total. The zero-order valence-corrected chi connectivity index (χ0v) is 21.6. The number of carbonyl (C=O) groups excluding carboxylic acids is 1. The molecule has 1 aliphatic rings. The van der Waals surface area contributed by atoms with Crippen molar-refractivity contribution < 1.29 is 69.8 Å². The summed E-state index contributed by atoms with van der Waals surface area (Å²) in [5.74, 6) is -6.77. The molecule has 1 aromatic heterocycles. The van der Waals surface area contributed by atoms with E-state index in [9.17, 15) is 60.7 Å². The van der Waals surface area contributed by atoms with E-state index in [-0.39, 0.29) is 16.9 Å². The summed E-state index contributed by atoms with van der Waals surface area (Å²) in [6.07, 6.45) is -9.12. The first kappa shape index (κ1) is 29.3. The van der Waals surface area contributed by atoms with Crippen LogP contribution >= 0.6 is 0 Å². The number of aliphatic hydroxyl groups excluding tert-OH is 3. The molecule has 0 amide bonds. The average molecular weight is 600 g/mol. The van der Waals surface area contributed by atoms with Gasteiger partial charge in [-0.05, 0) is 30.3 Å². The van der Waals surface area contributed by atoms with Crippen LogP contribution in [0.25, 0.3) is 22.3 Å². The van der Waals surface area contributed by atoms with Crippen LogP contribution in [-0.4, -0.2) is 88.1 Å². The van der Waals surface area contributed by atoms with E-state index in [1.165, 1.54) is 6.07 Å². The molecule has 3 aromatic carbocycles. The summed E-state index contributed by atoms with van der Waals surface area (Å²) in [5.41, 5.74) is -2.13. The van der Waals surface area contributed by atoms with E-state index in [0.717, 1.165) is 36.4 Å². The molecular weight excluding hydrogens is 576 g/mol. The number of aromatic hydroxyl groups is 7. The number of benzene rings is 3. The van der Waals surface area contributed by atoms with Gasteiger partial charge in [-0.15, -0.1) is 0 Å². The maximum Gasteiger partial charge on any atom is 0.338 e. The van der Waals surface area contributed by atoms with Crippen LogP contribution < -0.4 is 5.43 Å². The molecule has 0 bridgehead atoms. The minimum absolute atomic E-state index is 0.112. The number of hydrogen-bond acceptors (Lipinski definition) is 15. The first-order chi connectivity index (χ1) is 20.3. The topological polar surface area (TPSA) is 268 Å². The highest BCUT2D eigenvalue weighted by atomic mass is 16.6. The van der Waals surface area contributed by atoms with Gasteiger partial charge < -0.3 is 65.0 Å². The molecule has 5 rings (SSSR count). The van der Waals surface area contributed by atoms with Crippen LogP contribution in [0.15, 0.2) is 51.7 Å². The molecule has 1 saturated heterocycles. The summed E-state index contributed by atoms with van der Waals surface area (Å²) >= 11 is 0. The van der Waals surface area contributed by atoms with Crippen molar-refractivity contribution in [1.29, 1.82) is 0 Å². The van der Waals surface area contributed by atoms with Gasteiger partial charge in [-0.1, -0.05) is 0 Å². The summed E-state index contributed by atoms with van der Waals surface area (Å²) in [7, 11) is 0. The number of phenols is 7. The Kier molecular flexibility index (Phi) is 7.41. The Morgan fingerprint density at radius 3 is 2.09 bits per heavy atom.